The summed E-state index contributed by atoms with van der Waals surface area (Å²) >= 11 is 0. The SMILES string of the molecule is CCC1(CC)CCN(c2cc(=O)[nH]c(C)n2)C1. The molecular formula is C13H21N3O. The molecule has 4 nitrogen and oxygen atoms in total. The van der Waals surface area contributed by atoms with Crippen molar-refractivity contribution in [2.75, 3.05) is 18.0 Å². The minimum atomic E-state index is -0.0574. The average Bonchev–Trinajstić information content (AvgIpc) is 2.73. The van der Waals surface area contributed by atoms with Crippen LogP contribution in [-0.2, 0) is 0 Å². The van der Waals surface area contributed by atoms with E-state index in [4.69, 9.17) is 0 Å². The van der Waals surface area contributed by atoms with E-state index in [-0.39, 0.29) is 5.56 Å². The van der Waals surface area contributed by atoms with Crippen LogP contribution < -0.4 is 10.5 Å². The van der Waals surface area contributed by atoms with Gasteiger partial charge in [-0.1, -0.05) is 13.8 Å². The summed E-state index contributed by atoms with van der Waals surface area (Å²) in [5.41, 5.74) is 0.357. The predicted molar refractivity (Wildman–Crippen MR) is 69.4 cm³/mol. The van der Waals surface area contributed by atoms with Crippen molar-refractivity contribution in [3.05, 3.63) is 22.2 Å². The molecule has 0 amide bonds. The van der Waals surface area contributed by atoms with Gasteiger partial charge in [-0.3, -0.25) is 4.79 Å². The van der Waals surface area contributed by atoms with Crippen LogP contribution in [0.3, 0.4) is 0 Å². The number of aryl methyl sites for hydroxylation is 1. The summed E-state index contributed by atoms with van der Waals surface area (Å²) in [4.78, 5) is 20.8. The Hall–Kier alpha value is -1.32. The average molecular weight is 235 g/mol. The molecule has 1 aliphatic rings. The Morgan fingerprint density at radius 1 is 1.47 bits per heavy atom. The maximum Gasteiger partial charge on any atom is 0.252 e. The molecule has 4 heteroatoms. The molecule has 0 spiro atoms. The molecular weight excluding hydrogens is 214 g/mol. The number of H-pyrrole nitrogens is 1. The molecule has 0 aliphatic carbocycles. The van der Waals surface area contributed by atoms with Crippen molar-refractivity contribution in [3.63, 3.8) is 0 Å². The van der Waals surface area contributed by atoms with Gasteiger partial charge in [-0.05, 0) is 31.6 Å². The number of hydrogen-bond donors (Lipinski definition) is 1. The van der Waals surface area contributed by atoms with Crippen molar-refractivity contribution < 1.29 is 0 Å². The highest BCUT2D eigenvalue weighted by atomic mass is 16.1. The molecule has 1 aromatic heterocycles. The van der Waals surface area contributed by atoms with Crippen LogP contribution in [0.2, 0.25) is 0 Å². The maximum atomic E-state index is 11.4. The topological polar surface area (TPSA) is 49.0 Å². The third kappa shape index (κ3) is 2.35. The second kappa shape index (κ2) is 4.51. The summed E-state index contributed by atoms with van der Waals surface area (Å²) in [6, 6.07) is 1.61. The molecule has 0 atom stereocenters. The molecule has 1 saturated heterocycles. The Morgan fingerprint density at radius 3 is 2.71 bits per heavy atom. The van der Waals surface area contributed by atoms with Crippen LogP contribution in [0, 0.1) is 12.3 Å². The zero-order valence-corrected chi connectivity index (χ0v) is 10.9. The number of rotatable bonds is 3. The van der Waals surface area contributed by atoms with Gasteiger partial charge in [-0.2, -0.15) is 0 Å². The van der Waals surface area contributed by atoms with Gasteiger partial charge < -0.3 is 9.88 Å². The van der Waals surface area contributed by atoms with E-state index in [9.17, 15) is 4.79 Å². The van der Waals surface area contributed by atoms with Gasteiger partial charge in [0, 0.05) is 19.2 Å². The quantitative estimate of drug-likeness (QED) is 0.872. The Kier molecular flexibility index (Phi) is 3.22. The summed E-state index contributed by atoms with van der Waals surface area (Å²) in [6.45, 7) is 8.37. The van der Waals surface area contributed by atoms with E-state index >= 15 is 0 Å². The Balaban J connectivity index is 2.23. The summed E-state index contributed by atoms with van der Waals surface area (Å²) < 4.78 is 0. The summed E-state index contributed by atoms with van der Waals surface area (Å²) in [6.07, 6.45) is 3.60. The molecule has 0 bridgehead atoms. The van der Waals surface area contributed by atoms with Crippen molar-refractivity contribution in [3.8, 4) is 0 Å². The third-order valence-electron chi connectivity index (χ3n) is 4.11. The van der Waals surface area contributed by atoms with Crippen molar-refractivity contribution in [1.82, 2.24) is 9.97 Å². The van der Waals surface area contributed by atoms with Crippen LogP contribution in [0.5, 0.6) is 0 Å². The molecule has 1 aromatic rings. The van der Waals surface area contributed by atoms with E-state index in [0.29, 0.717) is 11.2 Å². The van der Waals surface area contributed by atoms with Crippen LogP contribution in [0.15, 0.2) is 10.9 Å². The lowest BCUT2D eigenvalue weighted by atomic mass is 9.82. The first-order valence-electron chi connectivity index (χ1n) is 6.41. The molecule has 1 N–H and O–H groups in total. The van der Waals surface area contributed by atoms with Crippen molar-refractivity contribution in [1.29, 1.82) is 0 Å². The lowest BCUT2D eigenvalue weighted by molar-refractivity contribution is 0.301. The normalized spacial score (nSPS) is 18.6. The molecule has 94 valence electrons. The number of aromatic amines is 1. The van der Waals surface area contributed by atoms with E-state index in [1.807, 2.05) is 6.92 Å². The fourth-order valence-corrected chi connectivity index (χ4v) is 2.68. The number of nitrogens with zero attached hydrogens (tertiary/aromatic N) is 2. The van der Waals surface area contributed by atoms with E-state index in [0.717, 1.165) is 18.9 Å². The maximum absolute atomic E-state index is 11.4. The lowest BCUT2D eigenvalue weighted by Gasteiger charge is -2.26. The van der Waals surface area contributed by atoms with E-state index < -0.39 is 0 Å². The largest absolute Gasteiger partial charge is 0.356 e. The lowest BCUT2D eigenvalue weighted by Crippen LogP contribution is -2.28. The molecule has 1 fully saturated rings. The van der Waals surface area contributed by atoms with Gasteiger partial charge >= 0.3 is 0 Å². The highest BCUT2D eigenvalue weighted by molar-refractivity contribution is 5.39. The second-order valence-electron chi connectivity index (χ2n) is 5.07. The third-order valence-corrected chi connectivity index (χ3v) is 4.11. The van der Waals surface area contributed by atoms with Crippen LogP contribution in [0.25, 0.3) is 0 Å². The first-order chi connectivity index (χ1) is 8.08. The molecule has 0 unspecified atom stereocenters. The Bertz CT molecular complexity index is 448. The van der Waals surface area contributed by atoms with E-state index in [1.165, 1.54) is 19.3 Å². The summed E-state index contributed by atoms with van der Waals surface area (Å²) in [5, 5.41) is 0. The zero-order valence-electron chi connectivity index (χ0n) is 10.9. The monoisotopic (exact) mass is 235 g/mol. The van der Waals surface area contributed by atoms with Crippen LogP contribution in [-0.4, -0.2) is 23.1 Å². The molecule has 0 radical (unpaired) electrons. The standard InChI is InChI=1S/C13H21N3O/c1-4-13(5-2)6-7-16(9-13)11-8-12(17)15-10(3)14-11/h8H,4-7,9H2,1-3H3,(H,14,15,17). The Morgan fingerprint density at radius 2 is 2.18 bits per heavy atom. The molecule has 17 heavy (non-hydrogen) atoms. The minimum absolute atomic E-state index is 0.0574. The van der Waals surface area contributed by atoms with Gasteiger partial charge in [0.05, 0.1) is 0 Å². The highest BCUT2D eigenvalue weighted by Gasteiger charge is 2.35. The highest BCUT2D eigenvalue weighted by Crippen LogP contribution is 2.38. The number of nitrogens with one attached hydrogen (secondary N) is 1. The first kappa shape index (κ1) is 12.1. The fourth-order valence-electron chi connectivity index (χ4n) is 2.68. The van der Waals surface area contributed by atoms with Gasteiger partial charge in [0.25, 0.3) is 5.56 Å². The van der Waals surface area contributed by atoms with Crippen molar-refractivity contribution in [2.24, 2.45) is 5.41 Å². The Labute approximate surface area is 102 Å². The van der Waals surface area contributed by atoms with Gasteiger partial charge in [0.2, 0.25) is 0 Å². The van der Waals surface area contributed by atoms with Crippen LogP contribution in [0.4, 0.5) is 5.82 Å². The van der Waals surface area contributed by atoms with Gasteiger partial charge in [-0.25, -0.2) is 4.98 Å². The number of hydrogen-bond acceptors (Lipinski definition) is 3. The van der Waals surface area contributed by atoms with Crippen LogP contribution in [0.1, 0.15) is 38.9 Å². The van der Waals surface area contributed by atoms with E-state index in [1.54, 1.807) is 6.07 Å². The fraction of sp³-hybridized carbons (Fsp3) is 0.692. The number of anilines is 1. The molecule has 0 aromatic carbocycles. The van der Waals surface area contributed by atoms with E-state index in [2.05, 4.69) is 28.7 Å². The van der Waals surface area contributed by atoms with Gasteiger partial charge in [0.1, 0.15) is 11.6 Å². The smallest absolute Gasteiger partial charge is 0.252 e. The first-order valence-corrected chi connectivity index (χ1v) is 6.41. The van der Waals surface area contributed by atoms with Crippen molar-refractivity contribution >= 4 is 5.82 Å². The van der Waals surface area contributed by atoms with Gasteiger partial charge in [-0.15, -0.1) is 0 Å². The second-order valence-corrected chi connectivity index (χ2v) is 5.07. The zero-order chi connectivity index (χ0) is 12.5. The molecule has 2 rings (SSSR count). The van der Waals surface area contributed by atoms with Crippen LogP contribution >= 0.6 is 0 Å². The summed E-state index contributed by atoms with van der Waals surface area (Å²) in [5.74, 6) is 1.52. The summed E-state index contributed by atoms with van der Waals surface area (Å²) in [7, 11) is 0. The van der Waals surface area contributed by atoms with Gasteiger partial charge in [0.15, 0.2) is 0 Å². The predicted octanol–water partition coefficient (Wildman–Crippen LogP) is 2.09. The minimum Gasteiger partial charge on any atom is -0.356 e. The van der Waals surface area contributed by atoms with Crippen molar-refractivity contribution in [2.45, 2.75) is 40.0 Å². The molecule has 2 heterocycles. The number of aromatic nitrogens is 2. The molecule has 0 saturated carbocycles. The molecule has 1 aliphatic heterocycles.